The molecule has 0 aliphatic heterocycles. The number of carbonyl (C=O) groups excluding carboxylic acids is 1. The number of fused-ring (bicyclic) bond motifs is 1. The average molecular weight is 300 g/mol. The fraction of sp³-hybridized carbons (Fsp3) is 0.188. The third kappa shape index (κ3) is 2.28. The van der Waals surface area contributed by atoms with Crippen molar-refractivity contribution in [3.63, 3.8) is 0 Å². The van der Waals surface area contributed by atoms with Crippen molar-refractivity contribution in [3.8, 4) is 11.5 Å². The zero-order valence-corrected chi connectivity index (χ0v) is 12.5. The van der Waals surface area contributed by atoms with Crippen LogP contribution in [0.3, 0.4) is 0 Å². The van der Waals surface area contributed by atoms with E-state index in [1.165, 1.54) is 0 Å². The van der Waals surface area contributed by atoms with Crippen LogP contribution in [0.25, 0.3) is 11.1 Å². The van der Waals surface area contributed by atoms with Gasteiger partial charge in [-0.1, -0.05) is 0 Å². The number of furan rings is 1. The number of aromatic nitrogens is 1. The van der Waals surface area contributed by atoms with E-state index >= 15 is 0 Å². The van der Waals surface area contributed by atoms with E-state index in [1.54, 1.807) is 49.3 Å². The lowest BCUT2D eigenvalue weighted by atomic mass is 10.2. The maximum absolute atomic E-state index is 12.4. The van der Waals surface area contributed by atoms with Gasteiger partial charge in [-0.3, -0.25) is 4.79 Å². The molecule has 2 aromatic heterocycles. The predicted octanol–water partition coefficient (Wildman–Crippen LogP) is 3.04. The molecule has 0 saturated carbocycles. The first-order chi connectivity index (χ1) is 10.6. The zero-order chi connectivity index (χ0) is 15.7. The predicted molar refractivity (Wildman–Crippen MR) is 82.7 cm³/mol. The number of ether oxygens (including phenoxy) is 2. The van der Waals surface area contributed by atoms with E-state index in [0.29, 0.717) is 28.5 Å². The molecule has 6 nitrogen and oxygen atoms in total. The van der Waals surface area contributed by atoms with Gasteiger partial charge in [-0.05, 0) is 12.1 Å². The van der Waals surface area contributed by atoms with Crippen molar-refractivity contribution in [2.45, 2.75) is 0 Å². The second-order valence-electron chi connectivity index (χ2n) is 4.78. The number of aryl methyl sites for hydroxylation is 1. The number of amides is 1. The third-order valence-electron chi connectivity index (χ3n) is 3.54. The molecule has 0 aliphatic rings. The van der Waals surface area contributed by atoms with E-state index in [2.05, 4.69) is 5.32 Å². The maximum Gasteiger partial charge on any atom is 0.272 e. The van der Waals surface area contributed by atoms with E-state index < -0.39 is 0 Å². The Morgan fingerprint density at radius 3 is 2.59 bits per heavy atom. The summed E-state index contributed by atoms with van der Waals surface area (Å²) in [5.41, 5.74) is 2.70. The van der Waals surface area contributed by atoms with Crippen molar-refractivity contribution in [2.75, 3.05) is 19.5 Å². The number of nitrogens with one attached hydrogen (secondary N) is 1. The van der Waals surface area contributed by atoms with Gasteiger partial charge >= 0.3 is 0 Å². The number of methoxy groups -OCH3 is 2. The lowest BCUT2D eigenvalue weighted by molar-refractivity contribution is 0.101. The normalized spacial score (nSPS) is 10.7. The Kier molecular flexibility index (Phi) is 3.50. The van der Waals surface area contributed by atoms with Crippen molar-refractivity contribution >= 4 is 22.7 Å². The number of nitrogens with zero attached hydrogens (tertiary/aromatic N) is 1. The third-order valence-corrected chi connectivity index (χ3v) is 3.54. The van der Waals surface area contributed by atoms with Crippen LogP contribution in [-0.2, 0) is 7.05 Å². The minimum absolute atomic E-state index is 0.221. The van der Waals surface area contributed by atoms with Gasteiger partial charge < -0.3 is 23.8 Å². The summed E-state index contributed by atoms with van der Waals surface area (Å²) in [7, 11) is 4.94. The molecule has 2 heterocycles. The molecule has 1 aromatic carbocycles. The van der Waals surface area contributed by atoms with Crippen LogP contribution in [0.2, 0.25) is 0 Å². The van der Waals surface area contributed by atoms with Crippen molar-refractivity contribution in [2.24, 2.45) is 7.05 Å². The van der Waals surface area contributed by atoms with Crippen LogP contribution in [0.15, 0.2) is 41.0 Å². The van der Waals surface area contributed by atoms with E-state index in [0.717, 1.165) is 5.52 Å². The molecule has 0 radical (unpaired) electrons. The van der Waals surface area contributed by atoms with E-state index in [4.69, 9.17) is 13.9 Å². The number of carbonyl (C=O) groups is 1. The largest absolute Gasteiger partial charge is 0.493 e. The summed E-state index contributed by atoms with van der Waals surface area (Å²) < 4.78 is 17.5. The van der Waals surface area contributed by atoms with Gasteiger partial charge in [-0.25, -0.2) is 0 Å². The first kappa shape index (κ1) is 14.1. The summed E-state index contributed by atoms with van der Waals surface area (Å²) in [4.78, 5) is 12.4. The molecule has 3 rings (SSSR count). The molecule has 0 aliphatic carbocycles. The molecule has 0 saturated heterocycles. The van der Waals surface area contributed by atoms with Crippen LogP contribution in [-0.4, -0.2) is 24.7 Å². The second kappa shape index (κ2) is 5.48. The topological polar surface area (TPSA) is 65.6 Å². The number of anilines is 1. The molecular formula is C16H16N2O4. The van der Waals surface area contributed by atoms with Crippen LogP contribution in [0, 0.1) is 0 Å². The van der Waals surface area contributed by atoms with Gasteiger partial charge in [0.25, 0.3) is 5.91 Å². The highest BCUT2D eigenvalue weighted by Gasteiger charge is 2.16. The molecule has 22 heavy (non-hydrogen) atoms. The lowest BCUT2D eigenvalue weighted by Gasteiger charge is -2.11. The van der Waals surface area contributed by atoms with Crippen molar-refractivity contribution in [1.29, 1.82) is 0 Å². The molecule has 1 N–H and O–H groups in total. The molecule has 3 aromatic rings. The zero-order valence-electron chi connectivity index (χ0n) is 12.5. The van der Waals surface area contributed by atoms with Gasteiger partial charge in [0.1, 0.15) is 5.69 Å². The van der Waals surface area contributed by atoms with E-state index in [1.807, 2.05) is 13.1 Å². The average Bonchev–Trinajstić information content (AvgIpc) is 3.10. The Hall–Kier alpha value is -2.89. The lowest BCUT2D eigenvalue weighted by Crippen LogP contribution is -2.15. The van der Waals surface area contributed by atoms with Crippen molar-refractivity contribution in [1.82, 2.24) is 4.57 Å². The standard InChI is InChI=1S/C16H16N2O4/c1-18-11-6-7-22-14(11)9-12(18)16(19)17-10-4-5-13(20-2)15(8-10)21-3/h4-9H,1-3H3,(H,17,19). The van der Waals surface area contributed by atoms with Gasteiger partial charge in [0, 0.05) is 30.9 Å². The summed E-state index contributed by atoms with van der Waals surface area (Å²) >= 11 is 0. The monoisotopic (exact) mass is 300 g/mol. The van der Waals surface area contributed by atoms with E-state index in [-0.39, 0.29) is 5.91 Å². The summed E-state index contributed by atoms with van der Waals surface area (Å²) in [6, 6.07) is 8.75. The molecule has 0 spiro atoms. The van der Waals surface area contributed by atoms with Crippen LogP contribution in [0.1, 0.15) is 10.5 Å². The van der Waals surface area contributed by atoms with Gasteiger partial charge in [0.15, 0.2) is 17.1 Å². The number of hydrogen-bond donors (Lipinski definition) is 1. The van der Waals surface area contributed by atoms with Crippen LogP contribution >= 0.6 is 0 Å². The molecule has 1 amide bonds. The quantitative estimate of drug-likeness (QED) is 0.804. The van der Waals surface area contributed by atoms with Crippen molar-refractivity contribution in [3.05, 3.63) is 42.3 Å². The Morgan fingerprint density at radius 2 is 1.91 bits per heavy atom. The van der Waals surface area contributed by atoms with Crippen LogP contribution in [0.5, 0.6) is 11.5 Å². The highest BCUT2D eigenvalue weighted by Crippen LogP contribution is 2.30. The SMILES string of the molecule is COc1ccc(NC(=O)c2cc3occc3n2C)cc1OC. The fourth-order valence-electron chi connectivity index (χ4n) is 2.38. The second-order valence-corrected chi connectivity index (χ2v) is 4.78. The first-order valence-corrected chi connectivity index (χ1v) is 6.70. The molecule has 0 bridgehead atoms. The minimum atomic E-state index is -0.221. The Bertz CT molecular complexity index is 832. The number of rotatable bonds is 4. The first-order valence-electron chi connectivity index (χ1n) is 6.70. The van der Waals surface area contributed by atoms with Crippen LogP contribution in [0.4, 0.5) is 5.69 Å². The van der Waals surface area contributed by atoms with Gasteiger partial charge in [0.2, 0.25) is 0 Å². The Morgan fingerprint density at radius 1 is 1.14 bits per heavy atom. The van der Waals surface area contributed by atoms with Gasteiger partial charge in [-0.15, -0.1) is 0 Å². The fourth-order valence-corrected chi connectivity index (χ4v) is 2.38. The maximum atomic E-state index is 12.4. The molecule has 0 unspecified atom stereocenters. The summed E-state index contributed by atoms with van der Waals surface area (Å²) in [6.45, 7) is 0. The number of benzene rings is 1. The van der Waals surface area contributed by atoms with Gasteiger partial charge in [0.05, 0.1) is 26.0 Å². The number of hydrogen-bond acceptors (Lipinski definition) is 4. The van der Waals surface area contributed by atoms with Crippen LogP contribution < -0.4 is 14.8 Å². The molecule has 114 valence electrons. The summed E-state index contributed by atoms with van der Waals surface area (Å²) in [6.07, 6.45) is 1.60. The highest BCUT2D eigenvalue weighted by molar-refractivity contribution is 6.05. The summed E-state index contributed by atoms with van der Waals surface area (Å²) in [5, 5.41) is 2.84. The highest BCUT2D eigenvalue weighted by atomic mass is 16.5. The van der Waals surface area contributed by atoms with Gasteiger partial charge in [-0.2, -0.15) is 0 Å². The Balaban J connectivity index is 1.87. The Labute approximate surface area is 127 Å². The smallest absolute Gasteiger partial charge is 0.272 e. The molecular weight excluding hydrogens is 284 g/mol. The minimum Gasteiger partial charge on any atom is -0.493 e. The van der Waals surface area contributed by atoms with E-state index in [9.17, 15) is 4.79 Å². The summed E-state index contributed by atoms with van der Waals surface area (Å²) in [5.74, 6) is 0.943. The molecule has 6 heteroatoms. The molecule has 0 fully saturated rings. The van der Waals surface area contributed by atoms with Crippen molar-refractivity contribution < 1.29 is 18.7 Å². The molecule has 0 atom stereocenters.